The normalized spacial score (nSPS) is 17.8. The van der Waals surface area contributed by atoms with E-state index >= 15 is 0 Å². The van der Waals surface area contributed by atoms with Crippen LogP contribution in [0.25, 0.3) is 0 Å². The molecule has 1 amide bonds. The molecule has 1 saturated heterocycles. The van der Waals surface area contributed by atoms with E-state index in [1.54, 1.807) is 23.2 Å². The second kappa shape index (κ2) is 3.75. The summed E-state index contributed by atoms with van der Waals surface area (Å²) in [5.74, 6) is 0.283. The minimum absolute atomic E-state index is 0.0760. The van der Waals surface area contributed by atoms with Crippen LogP contribution in [-0.4, -0.2) is 41.5 Å². The second-order valence-corrected chi connectivity index (χ2v) is 4.38. The van der Waals surface area contributed by atoms with E-state index in [9.17, 15) is 4.79 Å². The van der Waals surface area contributed by atoms with E-state index in [-0.39, 0.29) is 11.4 Å². The van der Waals surface area contributed by atoms with Crippen molar-refractivity contribution in [3.05, 3.63) is 23.9 Å². The van der Waals surface area contributed by atoms with Gasteiger partial charge in [-0.3, -0.25) is 4.79 Å². The topological polar surface area (TPSA) is 68.5 Å². The third kappa shape index (κ3) is 1.86. The molecule has 0 saturated carbocycles. The van der Waals surface area contributed by atoms with Crippen molar-refractivity contribution in [1.29, 1.82) is 0 Å². The minimum atomic E-state index is -0.259. The van der Waals surface area contributed by atoms with Crippen LogP contribution in [-0.2, 0) is 0 Å². The number of likely N-dealkylation sites (tertiary alicyclic amines) is 1. The number of hydrogen-bond acceptors (Lipinski definition) is 4. The number of carbonyl (C=O) groups excluding carboxylic acids is 1. The molecule has 0 aromatic carbocycles. The van der Waals surface area contributed by atoms with E-state index in [0.29, 0.717) is 24.5 Å². The molecule has 0 unspecified atom stereocenters. The molecule has 1 aromatic rings. The molecule has 16 heavy (non-hydrogen) atoms. The molecule has 5 heteroatoms. The van der Waals surface area contributed by atoms with Crippen molar-refractivity contribution >= 4 is 5.91 Å². The summed E-state index contributed by atoms with van der Waals surface area (Å²) >= 11 is 0. The van der Waals surface area contributed by atoms with Crippen molar-refractivity contribution < 1.29 is 9.53 Å². The van der Waals surface area contributed by atoms with Crippen LogP contribution in [0.3, 0.4) is 0 Å². The maximum Gasteiger partial charge on any atom is 0.259 e. The van der Waals surface area contributed by atoms with Gasteiger partial charge in [-0.2, -0.15) is 0 Å². The Morgan fingerprint density at radius 2 is 2.31 bits per heavy atom. The summed E-state index contributed by atoms with van der Waals surface area (Å²) in [6.07, 6.45) is 1.60. The van der Waals surface area contributed by atoms with E-state index in [0.717, 1.165) is 0 Å². The number of methoxy groups -OCH3 is 1. The fourth-order valence-corrected chi connectivity index (χ4v) is 1.86. The largest absolute Gasteiger partial charge is 0.480 e. The molecule has 0 bridgehead atoms. The van der Waals surface area contributed by atoms with Crippen LogP contribution in [0.5, 0.6) is 5.88 Å². The van der Waals surface area contributed by atoms with Gasteiger partial charge in [0.1, 0.15) is 5.56 Å². The lowest BCUT2D eigenvalue weighted by Crippen LogP contribution is -2.66. The zero-order chi connectivity index (χ0) is 11.8. The Morgan fingerprint density at radius 1 is 1.62 bits per heavy atom. The van der Waals surface area contributed by atoms with Gasteiger partial charge in [-0.15, -0.1) is 0 Å². The molecule has 0 spiro atoms. The van der Waals surface area contributed by atoms with Gasteiger partial charge in [0, 0.05) is 24.8 Å². The highest BCUT2D eigenvalue weighted by Gasteiger charge is 2.38. The number of ether oxygens (including phenoxy) is 1. The summed E-state index contributed by atoms with van der Waals surface area (Å²) in [5.41, 5.74) is 6.09. The molecule has 86 valence electrons. The van der Waals surface area contributed by atoms with Gasteiger partial charge in [0.15, 0.2) is 0 Å². The third-order valence-electron chi connectivity index (χ3n) is 2.59. The molecule has 1 fully saturated rings. The second-order valence-electron chi connectivity index (χ2n) is 4.38. The summed E-state index contributed by atoms with van der Waals surface area (Å²) in [6, 6.07) is 3.43. The Bertz CT molecular complexity index is 409. The Labute approximate surface area is 94.2 Å². The lowest BCUT2D eigenvalue weighted by molar-refractivity contribution is 0.0450. The molecule has 1 aliphatic heterocycles. The first-order valence-electron chi connectivity index (χ1n) is 5.11. The van der Waals surface area contributed by atoms with Gasteiger partial charge in [0.05, 0.1) is 7.11 Å². The van der Waals surface area contributed by atoms with Gasteiger partial charge in [-0.05, 0) is 19.1 Å². The number of hydrogen-bond donors (Lipinski definition) is 1. The fraction of sp³-hybridized carbons (Fsp3) is 0.455. The number of rotatable bonds is 2. The van der Waals surface area contributed by atoms with Gasteiger partial charge in [0.2, 0.25) is 5.88 Å². The number of pyridine rings is 1. The monoisotopic (exact) mass is 221 g/mol. The van der Waals surface area contributed by atoms with Crippen LogP contribution in [0.4, 0.5) is 0 Å². The summed E-state index contributed by atoms with van der Waals surface area (Å²) < 4.78 is 5.05. The zero-order valence-electron chi connectivity index (χ0n) is 9.43. The fourth-order valence-electron chi connectivity index (χ4n) is 1.86. The molecule has 2 N–H and O–H groups in total. The van der Waals surface area contributed by atoms with Crippen LogP contribution in [0, 0.1) is 0 Å². The standard InChI is InChI=1S/C11H15N3O2/c1-11(12)6-14(7-11)10(15)8-4-3-5-13-9(8)16-2/h3-5H,6-7,12H2,1-2H3. The SMILES string of the molecule is COc1ncccc1C(=O)N1CC(C)(N)C1. The lowest BCUT2D eigenvalue weighted by atomic mass is 9.93. The number of aromatic nitrogens is 1. The van der Waals surface area contributed by atoms with E-state index in [4.69, 9.17) is 10.5 Å². The van der Waals surface area contributed by atoms with Crippen molar-refractivity contribution in [3.63, 3.8) is 0 Å². The Morgan fingerprint density at radius 3 is 2.88 bits per heavy atom. The molecule has 0 atom stereocenters. The van der Waals surface area contributed by atoms with Crippen molar-refractivity contribution in [2.75, 3.05) is 20.2 Å². The average Bonchev–Trinajstić information content (AvgIpc) is 2.24. The third-order valence-corrected chi connectivity index (χ3v) is 2.59. The van der Waals surface area contributed by atoms with E-state index < -0.39 is 0 Å². The zero-order valence-corrected chi connectivity index (χ0v) is 9.43. The van der Waals surface area contributed by atoms with Gasteiger partial charge in [-0.1, -0.05) is 0 Å². The number of amides is 1. The van der Waals surface area contributed by atoms with E-state index in [2.05, 4.69) is 4.98 Å². The summed E-state index contributed by atoms with van der Waals surface area (Å²) in [6.45, 7) is 3.07. The Hall–Kier alpha value is -1.62. The summed E-state index contributed by atoms with van der Waals surface area (Å²) in [4.78, 5) is 17.7. The lowest BCUT2D eigenvalue weighted by Gasteiger charge is -2.45. The van der Waals surface area contributed by atoms with Crippen molar-refractivity contribution in [2.45, 2.75) is 12.5 Å². The Balaban J connectivity index is 2.16. The highest BCUT2D eigenvalue weighted by atomic mass is 16.5. The van der Waals surface area contributed by atoms with Gasteiger partial charge in [0.25, 0.3) is 5.91 Å². The van der Waals surface area contributed by atoms with Crippen LogP contribution >= 0.6 is 0 Å². The Kier molecular flexibility index (Phi) is 2.55. The quantitative estimate of drug-likeness (QED) is 0.778. The van der Waals surface area contributed by atoms with E-state index in [1.807, 2.05) is 6.92 Å². The minimum Gasteiger partial charge on any atom is -0.480 e. The summed E-state index contributed by atoms with van der Waals surface area (Å²) in [5, 5.41) is 0. The molecule has 2 rings (SSSR count). The molecule has 1 aliphatic rings. The van der Waals surface area contributed by atoms with Crippen LogP contribution in [0.2, 0.25) is 0 Å². The highest BCUT2D eigenvalue weighted by Crippen LogP contribution is 2.23. The van der Waals surface area contributed by atoms with Crippen LogP contribution in [0.15, 0.2) is 18.3 Å². The number of carbonyl (C=O) groups is 1. The van der Waals surface area contributed by atoms with Gasteiger partial charge in [-0.25, -0.2) is 4.98 Å². The van der Waals surface area contributed by atoms with Crippen LogP contribution in [0.1, 0.15) is 17.3 Å². The van der Waals surface area contributed by atoms with Crippen molar-refractivity contribution in [3.8, 4) is 5.88 Å². The maximum atomic E-state index is 12.0. The first-order chi connectivity index (χ1) is 7.53. The molecule has 1 aromatic heterocycles. The maximum absolute atomic E-state index is 12.0. The molecule has 2 heterocycles. The van der Waals surface area contributed by atoms with Gasteiger partial charge >= 0.3 is 0 Å². The predicted molar refractivity (Wildman–Crippen MR) is 59.3 cm³/mol. The number of nitrogens with zero attached hydrogens (tertiary/aromatic N) is 2. The first kappa shape index (κ1) is 10.9. The van der Waals surface area contributed by atoms with Crippen molar-refractivity contribution in [1.82, 2.24) is 9.88 Å². The molecule has 5 nitrogen and oxygen atoms in total. The van der Waals surface area contributed by atoms with E-state index in [1.165, 1.54) is 7.11 Å². The highest BCUT2D eigenvalue weighted by molar-refractivity contribution is 5.97. The first-order valence-corrected chi connectivity index (χ1v) is 5.11. The number of nitrogens with two attached hydrogens (primary N) is 1. The molecule has 0 radical (unpaired) electrons. The predicted octanol–water partition coefficient (Wildman–Crippen LogP) is 0.263. The molecule has 0 aliphatic carbocycles. The molecular weight excluding hydrogens is 206 g/mol. The smallest absolute Gasteiger partial charge is 0.259 e. The van der Waals surface area contributed by atoms with Crippen LogP contribution < -0.4 is 10.5 Å². The molecular formula is C11H15N3O2. The van der Waals surface area contributed by atoms with Crippen molar-refractivity contribution in [2.24, 2.45) is 5.73 Å². The average molecular weight is 221 g/mol. The van der Waals surface area contributed by atoms with Gasteiger partial charge < -0.3 is 15.4 Å². The summed E-state index contributed by atoms with van der Waals surface area (Å²) in [7, 11) is 1.50.